The molecule has 10 heavy (non-hydrogen) atoms. The molecule has 0 aliphatic rings. The average Bonchev–Trinajstić information content (AvgIpc) is 1.60. The molecule has 1 atom stereocenters. The second-order valence-corrected chi connectivity index (χ2v) is 2.91. The van der Waals surface area contributed by atoms with Crippen LogP contribution in [0.2, 0.25) is 0 Å². The summed E-state index contributed by atoms with van der Waals surface area (Å²) in [6.07, 6.45) is -5.99. The lowest BCUT2D eigenvalue weighted by molar-refractivity contribution is -0.134. The van der Waals surface area contributed by atoms with Crippen LogP contribution in [0.1, 0.15) is 6.42 Å². The topological polar surface area (TPSA) is 60.2 Å². The summed E-state index contributed by atoms with van der Waals surface area (Å²) in [5, 5.41) is -1.81. The van der Waals surface area contributed by atoms with Crippen LogP contribution in [0.3, 0.4) is 0 Å². The molecule has 0 aromatic rings. The monoisotopic (exact) mass is 177 g/mol. The van der Waals surface area contributed by atoms with Crippen molar-refractivity contribution < 1.29 is 21.6 Å². The molecule has 0 spiro atoms. The van der Waals surface area contributed by atoms with Crippen LogP contribution in [0.4, 0.5) is 13.2 Å². The van der Waals surface area contributed by atoms with Gasteiger partial charge in [-0.1, -0.05) is 0 Å². The fourth-order valence-electron chi connectivity index (χ4n) is 0.312. The minimum Gasteiger partial charge on any atom is -0.315 e. The number of hydrogen-bond acceptors (Lipinski definition) is 3. The minimum atomic E-state index is -4.51. The van der Waals surface area contributed by atoms with Gasteiger partial charge in [-0.15, -0.1) is 0 Å². The third kappa shape index (κ3) is 4.57. The van der Waals surface area contributed by atoms with Crippen molar-refractivity contribution in [2.75, 3.05) is 0 Å². The van der Waals surface area contributed by atoms with Crippen LogP contribution < -0.4 is 5.73 Å². The first-order valence-corrected chi connectivity index (χ1v) is 3.53. The molecule has 0 amide bonds. The Morgan fingerprint density at radius 1 is 1.40 bits per heavy atom. The van der Waals surface area contributed by atoms with Gasteiger partial charge in [0.1, 0.15) is 5.37 Å². The van der Waals surface area contributed by atoms with E-state index in [1.807, 2.05) is 0 Å². The Bertz CT molecular complexity index is 167. The maximum Gasteiger partial charge on any atom is 0.391 e. The Morgan fingerprint density at radius 2 is 1.80 bits per heavy atom. The fraction of sp³-hybridized carbons (Fsp3) is 1.00. The quantitative estimate of drug-likeness (QED) is 0.576. The molecule has 0 aliphatic heterocycles. The first-order valence-electron chi connectivity index (χ1n) is 2.29. The van der Waals surface area contributed by atoms with Gasteiger partial charge in [0.05, 0.1) is 6.42 Å². The van der Waals surface area contributed by atoms with E-state index in [4.69, 9.17) is 0 Å². The van der Waals surface area contributed by atoms with Gasteiger partial charge in [-0.05, 0) is 0 Å². The Morgan fingerprint density at radius 3 is 1.90 bits per heavy atom. The third-order valence-corrected chi connectivity index (χ3v) is 1.44. The second kappa shape index (κ2) is 3.20. The Balaban J connectivity index is 3.92. The van der Waals surface area contributed by atoms with Crippen LogP contribution >= 0.6 is 0 Å². The maximum absolute atomic E-state index is 11.3. The van der Waals surface area contributed by atoms with Crippen molar-refractivity contribution >= 4 is 10.7 Å². The summed E-state index contributed by atoms with van der Waals surface area (Å²) in [5.74, 6) is 0. The standard InChI is InChI=1S/C3H6F3NO2S/c4-3(5,6)1-2(7)10(8)9/h2,10H,1,7H2. The molecule has 0 fully saturated rings. The highest BCUT2D eigenvalue weighted by atomic mass is 32.2. The van der Waals surface area contributed by atoms with Gasteiger partial charge in [0.15, 0.2) is 10.7 Å². The molecule has 7 heteroatoms. The van der Waals surface area contributed by atoms with Crippen molar-refractivity contribution in [3.63, 3.8) is 0 Å². The van der Waals surface area contributed by atoms with Crippen molar-refractivity contribution in [1.29, 1.82) is 0 Å². The second-order valence-electron chi connectivity index (χ2n) is 1.67. The van der Waals surface area contributed by atoms with Gasteiger partial charge >= 0.3 is 6.18 Å². The normalized spacial score (nSPS) is 15.7. The number of rotatable bonds is 2. The fourth-order valence-corrected chi connectivity index (χ4v) is 0.668. The first kappa shape index (κ1) is 9.70. The van der Waals surface area contributed by atoms with Gasteiger partial charge in [-0.2, -0.15) is 13.2 Å². The smallest absolute Gasteiger partial charge is 0.315 e. The van der Waals surface area contributed by atoms with Gasteiger partial charge in [0, 0.05) is 0 Å². The Hall–Kier alpha value is -0.300. The summed E-state index contributed by atoms with van der Waals surface area (Å²) >= 11 is 0. The summed E-state index contributed by atoms with van der Waals surface area (Å²) in [7, 11) is -3.17. The molecule has 0 aromatic carbocycles. The number of hydrogen-bond donors (Lipinski definition) is 2. The lowest BCUT2D eigenvalue weighted by atomic mass is 10.4. The average molecular weight is 177 g/mol. The third-order valence-electron chi connectivity index (χ3n) is 0.711. The van der Waals surface area contributed by atoms with Gasteiger partial charge in [-0.25, -0.2) is 8.42 Å². The van der Waals surface area contributed by atoms with Crippen LogP contribution in [0, 0.1) is 0 Å². The number of halogens is 3. The lowest BCUT2D eigenvalue weighted by Crippen LogP contribution is -2.28. The molecule has 0 aromatic heterocycles. The molecule has 0 aliphatic carbocycles. The van der Waals surface area contributed by atoms with E-state index < -0.39 is 28.7 Å². The molecule has 3 nitrogen and oxygen atoms in total. The molecule has 2 N–H and O–H groups in total. The number of thiol groups is 1. The Kier molecular flexibility index (Phi) is 3.10. The van der Waals surface area contributed by atoms with Gasteiger partial charge in [-0.3, -0.25) is 0 Å². The van der Waals surface area contributed by atoms with Gasteiger partial charge in [0.2, 0.25) is 0 Å². The summed E-state index contributed by atoms with van der Waals surface area (Å²) in [6, 6.07) is 0. The van der Waals surface area contributed by atoms with Gasteiger partial charge < -0.3 is 5.73 Å². The zero-order chi connectivity index (χ0) is 8.36. The summed E-state index contributed by atoms with van der Waals surface area (Å²) in [4.78, 5) is 0. The van der Waals surface area contributed by atoms with Crippen molar-refractivity contribution in [2.24, 2.45) is 5.73 Å². The SMILES string of the molecule is NC(CC(F)(F)F)[SH](=O)=O. The van der Waals surface area contributed by atoms with Crippen LogP contribution in [-0.4, -0.2) is 20.0 Å². The summed E-state index contributed by atoms with van der Waals surface area (Å²) in [5.41, 5.74) is 4.59. The van der Waals surface area contributed by atoms with E-state index in [9.17, 15) is 21.6 Å². The Labute approximate surface area is 57.0 Å². The lowest BCUT2D eigenvalue weighted by Gasteiger charge is -2.06. The molecule has 0 saturated carbocycles. The van der Waals surface area contributed by atoms with Crippen molar-refractivity contribution in [3.05, 3.63) is 0 Å². The van der Waals surface area contributed by atoms with Gasteiger partial charge in [0.25, 0.3) is 0 Å². The van der Waals surface area contributed by atoms with E-state index in [2.05, 4.69) is 5.73 Å². The van der Waals surface area contributed by atoms with Crippen LogP contribution in [0.15, 0.2) is 0 Å². The molecule has 1 unspecified atom stereocenters. The highest BCUT2D eigenvalue weighted by molar-refractivity contribution is 7.73. The van der Waals surface area contributed by atoms with E-state index in [0.717, 1.165) is 0 Å². The summed E-state index contributed by atoms with van der Waals surface area (Å²) in [6.45, 7) is 0. The zero-order valence-electron chi connectivity index (χ0n) is 4.76. The maximum atomic E-state index is 11.3. The number of nitrogens with two attached hydrogens (primary N) is 1. The van der Waals surface area contributed by atoms with Crippen LogP contribution in [-0.2, 0) is 10.7 Å². The molecule has 0 bridgehead atoms. The van der Waals surface area contributed by atoms with E-state index in [1.165, 1.54) is 0 Å². The van der Waals surface area contributed by atoms with Crippen LogP contribution in [0.25, 0.3) is 0 Å². The predicted molar refractivity (Wildman–Crippen MR) is 29.0 cm³/mol. The molecule has 62 valence electrons. The van der Waals surface area contributed by atoms with Crippen molar-refractivity contribution in [2.45, 2.75) is 18.0 Å². The molecule has 0 rings (SSSR count). The van der Waals surface area contributed by atoms with E-state index in [0.29, 0.717) is 0 Å². The molecule has 0 saturated heterocycles. The minimum absolute atomic E-state index is 1.48. The summed E-state index contributed by atoms with van der Waals surface area (Å²) < 4.78 is 53.5. The molecular formula is C3H6F3NO2S. The van der Waals surface area contributed by atoms with E-state index in [1.54, 1.807) is 0 Å². The molecule has 0 radical (unpaired) electrons. The zero-order valence-corrected chi connectivity index (χ0v) is 5.65. The first-order chi connectivity index (χ1) is 4.33. The highest BCUT2D eigenvalue weighted by Crippen LogP contribution is 2.20. The molecular weight excluding hydrogens is 171 g/mol. The van der Waals surface area contributed by atoms with E-state index in [-0.39, 0.29) is 0 Å². The largest absolute Gasteiger partial charge is 0.391 e. The highest BCUT2D eigenvalue weighted by Gasteiger charge is 2.31. The van der Waals surface area contributed by atoms with Crippen molar-refractivity contribution in [1.82, 2.24) is 0 Å². The van der Waals surface area contributed by atoms with E-state index >= 15 is 0 Å². The number of alkyl halides is 3. The van der Waals surface area contributed by atoms with Crippen molar-refractivity contribution in [3.8, 4) is 0 Å². The predicted octanol–water partition coefficient (Wildman–Crippen LogP) is -0.165. The van der Waals surface area contributed by atoms with Crippen LogP contribution in [0.5, 0.6) is 0 Å². The molecule has 0 heterocycles.